The summed E-state index contributed by atoms with van der Waals surface area (Å²) in [6, 6.07) is 7.53. The van der Waals surface area contributed by atoms with Crippen LogP contribution in [0.2, 0.25) is 0 Å². The number of aromatic nitrogens is 2. The molecule has 214 valence electrons. The van der Waals surface area contributed by atoms with Crippen molar-refractivity contribution in [3.63, 3.8) is 0 Å². The van der Waals surface area contributed by atoms with Gasteiger partial charge >= 0.3 is 11.7 Å². The van der Waals surface area contributed by atoms with Gasteiger partial charge in [0.1, 0.15) is 0 Å². The minimum absolute atomic E-state index is 0.0634. The van der Waals surface area contributed by atoms with E-state index < -0.39 is 65.8 Å². The SMILES string of the molecule is COC(=O)OCOc1c2n(c(O)nc1=O)C(C1c3ccccc3SCc3c1ccc(F)c3F)C1COCCN1C2=O. The van der Waals surface area contributed by atoms with Crippen LogP contribution in [0.5, 0.6) is 11.8 Å². The second-order valence-corrected chi connectivity index (χ2v) is 10.5. The minimum atomic E-state index is -1.08. The number of rotatable bonds is 4. The van der Waals surface area contributed by atoms with Crippen LogP contribution in [0.1, 0.15) is 39.1 Å². The summed E-state index contributed by atoms with van der Waals surface area (Å²) in [5.74, 6) is -3.77. The number of fused-ring (bicyclic) bond motifs is 4. The number of halogens is 2. The molecule has 4 heterocycles. The first kappa shape index (κ1) is 27.0. The van der Waals surface area contributed by atoms with Crippen LogP contribution in [0.3, 0.4) is 0 Å². The van der Waals surface area contributed by atoms with Gasteiger partial charge in [-0.05, 0) is 23.3 Å². The Morgan fingerprint density at radius 3 is 2.80 bits per heavy atom. The third-order valence-corrected chi connectivity index (χ3v) is 8.59. The van der Waals surface area contributed by atoms with Gasteiger partial charge in [0.25, 0.3) is 11.9 Å². The molecule has 0 aliphatic carbocycles. The minimum Gasteiger partial charge on any atom is -0.480 e. The van der Waals surface area contributed by atoms with Gasteiger partial charge in [0.05, 0.1) is 32.4 Å². The Labute approximate surface area is 235 Å². The molecule has 41 heavy (non-hydrogen) atoms. The molecular weight excluding hydrogens is 564 g/mol. The van der Waals surface area contributed by atoms with E-state index in [0.717, 1.165) is 23.6 Å². The summed E-state index contributed by atoms with van der Waals surface area (Å²) < 4.78 is 51.3. The fourth-order valence-corrected chi connectivity index (χ4v) is 6.88. The Balaban J connectivity index is 1.61. The van der Waals surface area contributed by atoms with E-state index >= 15 is 4.39 Å². The van der Waals surface area contributed by atoms with Crippen molar-refractivity contribution in [2.45, 2.75) is 28.6 Å². The summed E-state index contributed by atoms with van der Waals surface area (Å²) in [5, 5.41) is 11.1. The number of carbonyl (C=O) groups excluding carboxylic acids is 2. The van der Waals surface area contributed by atoms with Crippen molar-refractivity contribution in [2.75, 3.05) is 33.7 Å². The quantitative estimate of drug-likeness (QED) is 0.359. The summed E-state index contributed by atoms with van der Waals surface area (Å²) in [7, 11) is 1.09. The molecule has 1 fully saturated rings. The Morgan fingerprint density at radius 1 is 1.20 bits per heavy atom. The number of amides is 1. The van der Waals surface area contributed by atoms with Gasteiger partial charge in [0.2, 0.25) is 12.5 Å². The summed E-state index contributed by atoms with van der Waals surface area (Å²) >= 11 is 1.34. The van der Waals surface area contributed by atoms with E-state index in [1.165, 1.54) is 27.3 Å². The highest BCUT2D eigenvalue weighted by molar-refractivity contribution is 7.98. The Hall–Kier alpha value is -4.17. The number of thioether (sulfide) groups is 1. The van der Waals surface area contributed by atoms with Crippen LogP contribution in [0.15, 0.2) is 46.1 Å². The number of aromatic hydroxyl groups is 1. The van der Waals surface area contributed by atoms with Crippen LogP contribution in [-0.2, 0) is 20.0 Å². The number of nitrogens with zero attached hydrogens (tertiary/aromatic N) is 3. The maximum Gasteiger partial charge on any atom is 0.510 e. The van der Waals surface area contributed by atoms with Crippen molar-refractivity contribution < 1.29 is 42.4 Å². The van der Waals surface area contributed by atoms with Crippen molar-refractivity contribution >= 4 is 23.8 Å². The van der Waals surface area contributed by atoms with Gasteiger partial charge in [0.15, 0.2) is 17.3 Å². The molecule has 0 spiro atoms. The average molecular weight is 588 g/mol. The monoisotopic (exact) mass is 587 g/mol. The molecule has 2 aromatic carbocycles. The topological polar surface area (TPSA) is 129 Å². The zero-order valence-corrected chi connectivity index (χ0v) is 22.4. The average Bonchev–Trinajstić information content (AvgIpc) is 3.14. The van der Waals surface area contributed by atoms with Crippen LogP contribution in [-0.4, -0.2) is 71.3 Å². The lowest BCUT2D eigenvalue weighted by Crippen LogP contribution is -2.58. The lowest BCUT2D eigenvalue weighted by atomic mass is 9.78. The van der Waals surface area contributed by atoms with E-state index in [9.17, 15) is 23.9 Å². The number of morpholine rings is 1. The van der Waals surface area contributed by atoms with Gasteiger partial charge in [-0.3, -0.25) is 14.2 Å². The number of benzene rings is 2. The van der Waals surface area contributed by atoms with Crippen LogP contribution in [0, 0.1) is 11.6 Å². The molecule has 3 aliphatic rings. The maximum atomic E-state index is 15.3. The van der Waals surface area contributed by atoms with Crippen molar-refractivity contribution in [1.29, 1.82) is 0 Å². The number of hydrogen-bond donors (Lipinski definition) is 1. The Bertz CT molecular complexity index is 1620. The van der Waals surface area contributed by atoms with Gasteiger partial charge in [-0.15, -0.1) is 11.8 Å². The van der Waals surface area contributed by atoms with Crippen LogP contribution in [0.25, 0.3) is 0 Å². The van der Waals surface area contributed by atoms with Gasteiger partial charge in [-0.2, -0.15) is 4.98 Å². The molecule has 3 aromatic rings. The molecule has 0 bridgehead atoms. The van der Waals surface area contributed by atoms with Gasteiger partial charge < -0.3 is 29.0 Å². The van der Waals surface area contributed by atoms with Crippen molar-refractivity contribution in [3.05, 3.63) is 80.8 Å². The summed E-state index contributed by atoms with van der Waals surface area (Å²) in [5.41, 5.74) is -0.0437. The van der Waals surface area contributed by atoms with E-state index in [0.29, 0.717) is 5.56 Å². The fraction of sp³-hybridized carbons (Fsp3) is 0.333. The highest BCUT2D eigenvalue weighted by atomic mass is 32.2. The molecular formula is C27H23F2N3O8S. The molecule has 6 rings (SSSR count). The zero-order chi connectivity index (χ0) is 28.8. The lowest BCUT2D eigenvalue weighted by Gasteiger charge is -2.48. The first-order valence-electron chi connectivity index (χ1n) is 12.6. The first-order chi connectivity index (χ1) is 19.8. The molecule has 1 N–H and O–H groups in total. The molecule has 11 nitrogen and oxygen atoms in total. The summed E-state index contributed by atoms with van der Waals surface area (Å²) in [6.45, 7) is -0.343. The van der Waals surface area contributed by atoms with Crippen LogP contribution < -0.4 is 10.3 Å². The molecule has 1 aromatic heterocycles. The smallest absolute Gasteiger partial charge is 0.480 e. The predicted molar refractivity (Wildman–Crippen MR) is 138 cm³/mol. The van der Waals surface area contributed by atoms with Crippen molar-refractivity contribution in [2.24, 2.45) is 0 Å². The number of methoxy groups -OCH3 is 1. The van der Waals surface area contributed by atoms with E-state index in [1.54, 1.807) is 0 Å². The maximum absolute atomic E-state index is 15.3. The molecule has 0 saturated carbocycles. The lowest BCUT2D eigenvalue weighted by molar-refractivity contribution is -0.0323. The van der Waals surface area contributed by atoms with Crippen LogP contribution >= 0.6 is 11.8 Å². The van der Waals surface area contributed by atoms with E-state index in [1.807, 2.05) is 24.3 Å². The number of carbonyl (C=O) groups is 2. The first-order valence-corrected chi connectivity index (χ1v) is 13.6. The second kappa shape index (κ2) is 10.7. The zero-order valence-electron chi connectivity index (χ0n) is 21.5. The third-order valence-electron chi connectivity index (χ3n) is 7.47. The predicted octanol–water partition coefficient (Wildman–Crippen LogP) is 3.18. The van der Waals surface area contributed by atoms with Gasteiger partial charge in [-0.25, -0.2) is 13.6 Å². The largest absolute Gasteiger partial charge is 0.510 e. The van der Waals surface area contributed by atoms with E-state index in [-0.39, 0.29) is 36.8 Å². The van der Waals surface area contributed by atoms with Crippen molar-refractivity contribution in [1.82, 2.24) is 14.5 Å². The highest BCUT2D eigenvalue weighted by Gasteiger charge is 2.50. The fourth-order valence-electron chi connectivity index (χ4n) is 5.75. The van der Waals surface area contributed by atoms with E-state index in [2.05, 4.69) is 9.72 Å². The van der Waals surface area contributed by atoms with Gasteiger partial charge in [-0.1, -0.05) is 24.3 Å². The number of hydrogen-bond acceptors (Lipinski definition) is 10. The Kier molecular flexibility index (Phi) is 7.03. The molecule has 3 aliphatic heterocycles. The molecule has 3 atom stereocenters. The molecule has 0 radical (unpaired) electrons. The van der Waals surface area contributed by atoms with Crippen LogP contribution in [0.4, 0.5) is 13.6 Å². The summed E-state index contributed by atoms with van der Waals surface area (Å²) in [6.07, 6.45) is -1.08. The summed E-state index contributed by atoms with van der Waals surface area (Å²) in [4.78, 5) is 44.2. The number of ether oxygens (including phenoxy) is 4. The molecule has 1 saturated heterocycles. The third kappa shape index (κ3) is 4.47. The second-order valence-electron chi connectivity index (χ2n) is 9.49. The van der Waals surface area contributed by atoms with E-state index in [4.69, 9.17) is 14.2 Å². The van der Waals surface area contributed by atoms with Gasteiger partial charge in [0, 0.05) is 28.7 Å². The highest BCUT2D eigenvalue weighted by Crippen LogP contribution is 2.51. The normalized spacial score (nSPS) is 21.1. The molecule has 3 unspecified atom stereocenters. The molecule has 14 heteroatoms. The Morgan fingerprint density at radius 2 is 2.00 bits per heavy atom. The standard InChI is InChI=1S/C27H23F2N3O8S/c1-37-27(36)40-12-39-23-22-25(34)31-8-9-38-10-17(31)21(32(22)26(35)30-24(23)33)19-13-6-7-16(28)20(29)15(13)11-41-18-5-3-2-4-14(18)19/h2-7,17,19,21H,8-12H2,1H3,(H,30,33,35). The van der Waals surface area contributed by atoms with Crippen molar-refractivity contribution in [3.8, 4) is 11.8 Å². The molecule has 1 amide bonds.